The second-order valence-electron chi connectivity index (χ2n) is 8.46. The van der Waals surface area contributed by atoms with Gasteiger partial charge in [0, 0.05) is 11.9 Å². The lowest BCUT2D eigenvalue weighted by molar-refractivity contribution is 0.308. The highest BCUT2D eigenvalue weighted by atomic mass is 16.5. The average molecular weight is 462 g/mol. The molecule has 5 rings (SSSR count). The van der Waals surface area contributed by atoms with Crippen LogP contribution in [0.5, 0.6) is 5.75 Å². The Hall–Kier alpha value is -4.70. The molecule has 7 nitrogen and oxygen atoms in total. The van der Waals surface area contributed by atoms with E-state index in [4.69, 9.17) is 20.1 Å². The van der Waals surface area contributed by atoms with E-state index in [1.54, 1.807) is 30.5 Å². The minimum atomic E-state index is -0.204. The molecule has 172 valence electrons. The third kappa shape index (κ3) is 4.18. The Kier molecular flexibility index (Phi) is 5.63. The van der Waals surface area contributed by atoms with E-state index in [1.165, 1.54) is 4.40 Å². The zero-order valence-electron chi connectivity index (χ0n) is 19.7. The SMILES string of the molecule is Cc1cccc(-n2nc(-c3c(C)nc4c(OCc5ccc(C#N)cc5)cccn4c3=O)cc2C)c1. The van der Waals surface area contributed by atoms with Crippen LogP contribution in [-0.2, 0) is 6.61 Å². The van der Waals surface area contributed by atoms with Crippen LogP contribution in [0.3, 0.4) is 0 Å². The third-order valence-electron chi connectivity index (χ3n) is 5.87. The van der Waals surface area contributed by atoms with Crippen molar-refractivity contribution >= 4 is 5.65 Å². The fourth-order valence-corrected chi connectivity index (χ4v) is 4.11. The van der Waals surface area contributed by atoms with Crippen molar-refractivity contribution in [3.05, 3.63) is 111 Å². The van der Waals surface area contributed by atoms with Gasteiger partial charge in [-0.1, -0.05) is 24.3 Å². The molecule has 7 heteroatoms. The van der Waals surface area contributed by atoms with Gasteiger partial charge in [-0.15, -0.1) is 0 Å². The topological polar surface area (TPSA) is 85.2 Å². The zero-order valence-corrected chi connectivity index (χ0v) is 19.7. The predicted octanol–water partition coefficient (Wildman–Crippen LogP) is 4.92. The molecule has 3 heterocycles. The summed E-state index contributed by atoms with van der Waals surface area (Å²) in [5.41, 5.74) is 6.38. The Morgan fingerprint density at radius 3 is 2.54 bits per heavy atom. The highest BCUT2D eigenvalue weighted by Crippen LogP contribution is 2.24. The first-order valence-corrected chi connectivity index (χ1v) is 11.2. The summed E-state index contributed by atoms with van der Waals surface area (Å²) in [4.78, 5) is 18.3. The highest BCUT2D eigenvalue weighted by Gasteiger charge is 2.18. The van der Waals surface area contributed by atoms with E-state index in [0.717, 1.165) is 22.5 Å². The van der Waals surface area contributed by atoms with Gasteiger partial charge < -0.3 is 4.74 Å². The first-order valence-electron chi connectivity index (χ1n) is 11.2. The van der Waals surface area contributed by atoms with Gasteiger partial charge in [0.05, 0.1) is 28.6 Å². The molecule has 0 saturated heterocycles. The summed E-state index contributed by atoms with van der Waals surface area (Å²) < 4.78 is 9.34. The molecular formula is C28H23N5O2. The number of fused-ring (bicyclic) bond motifs is 1. The predicted molar refractivity (Wildman–Crippen MR) is 134 cm³/mol. The quantitative estimate of drug-likeness (QED) is 0.371. The number of nitrogens with zero attached hydrogens (tertiary/aromatic N) is 5. The number of ether oxygens (including phenoxy) is 1. The molecule has 0 aliphatic carbocycles. The van der Waals surface area contributed by atoms with Gasteiger partial charge in [0.2, 0.25) is 0 Å². The van der Waals surface area contributed by atoms with Crippen LogP contribution in [0.2, 0.25) is 0 Å². The number of hydrogen-bond acceptors (Lipinski definition) is 5. The lowest BCUT2D eigenvalue weighted by atomic mass is 10.1. The molecule has 5 aromatic rings. The number of aromatic nitrogens is 4. The monoisotopic (exact) mass is 461 g/mol. The summed E-state index contributed by atoms with van der Waals surface area (Å²) in [6.07, 6.45) is 1.69. The fraction of sp³-hybridized carbons (Fsp3) is 0.143. The van der Waals surface area contributed by atoms with Crippen LogP contribution >= 0.6 is 0 Å². The number of nitriles is 1. The summed E-state index contributed by atoms with van der Waals surface area (Å²) in [6.45, 7) is 6.11. The second kappa shape index (κ2) is 8.92. The number of benzene rings is 2. The first-order chi connectivity index (χ1) is 16.9. The van der Waals surface area contributed by atoms with Crippen molar-refractivity contribution in [2.75, 3.05) is 0 Å². The maximum absolute atomic E-state index is 13.5. The van der Waals surface area contributed by atoms with Crippen molar-refractivity contribution in [2.24, 2.45) is 0 Å². The summed E-state index contributed by atoms with van der Waals surface area (Å²) >= 11 is 0. The molecule has 0 spiro atoms. The van der Waals surface area contributed by atoms with Crippen molar-refractivity contribution in [3.63, 3.8) is 0 Å². The van der Waals surface area contributed by atoms with E-state index in [2.05, 4.69) is 12.1 Å². The molecule has 0 saturated carbocycles. The van der Waals surface area contributed by atoms with Gasteiger partial charge in [0.1, 0.15) is 12.3 Å². The third-order valence-corrected chi connectivity index (χ3v) is 5.87. The van der Waals surface area contributed by atoms with Crippen LogP contribution in [0.1, 0.15) is 28.1 Å². The van der Waals surface area contributed by atoms with E-state index < -0.39 is 0 Å². The van der Waals surface area contributed by atoms with Crippen LogP contribution in [0.4, 0.5) is 0 Å². The second-order valence-corrected chi connectivity index (χ2v) is 8.46. The number of aryl methyl sites for hydroxylation is 3. The van der Waals surface area contributed by atoms with Gasteiger partial charge in [0.15, 0.2) is 11.4 Å². The van der Waals surface area contributed by atoms with E-state index in [0.29, 0.717) is 40.5 Å². The van der Waals surface area contributed by atoms with Crippen molar-refractivity contribution in [2.45, 2.75) is 27.4 Å². The summed E-state index contributed by atoms with van der Waals surface area (Å²) in [5, 5.41) is 13.7. The van der Waals surface area contributed by atoms with E-state index in [1.807, 2.05) is 61.9 Å². The van der Waals surface area contributed by atoms with E-state index in [-0.39, 0.29) is 5.56 Å². The summed E-state index contributed by atoms with van der Waals surface area (Å²) in [5.74, 6) is 0.505. The molecule has 2 aromatic carbocycles. The van der Waals surface area contributed by atoms with Gasteiger partial charge >= 0.3 is 0 Å². The normalized spacial score (nSPS) is 10.9. The average Bonchev–Trinajstić information content (AvgIpc) is 3.24. The van der Waals surface area contributed by atoms with Crippen molar-refractivity contribution in [1.29, 1.82) is 5.26 Å². The Bertz CT molecular complexity index is 1660. The van der Waals surface area contributed by atoms with E-state index in [9.17, 15) is 4.79 Å². The molecule has 0 unspecified atom stereocenters. The highest BCUT2D eigenvalue weighted by molar-refractivity contribution is 5.65. The lowest BCUT2D eigenvalue weighted by Crippen LogP contribution is -2.19. The van der Waals surface area contributed by atoms with Crippen molar-refractivity contribution in [1.82, 2.24) is 19.2 Å². The molecular weight excluding hydrogens is 438 g/mol. The fourth-order valence-electron chi connectivity index (χ4n) is 4.11. The van der Waals surface area contributed by atoms with Crippen LogP contribution in [-0.4, -0.2) is 19.2 Å². The molecule has 0 bridgehead atoms. The Balaban J connectivity index is 1.53. The van der Waals surface area contributed by atoms with Crippen LogP contribution in [0.25, 0.3) is 22.6 Å². The van der Waals surface area contributed by atoms with Crippen LogP contribution in [0, 0.1) is 32.1 Å². The zero-order chi connectivity index (χ0) is 24.5. The molecule has 0 atom stereocenters. The molecule has 3 aromatic heterocycles. The number of pyridine rings is 1. The molecule has 0 aliphatic rings. The Labute approximate surface area is 202 Å². The van der Waals surface area contributed by atoms with Gasteiger partial charge in [-0.05, 0) is 74.4 Å². The first kappa shape index (κ1) is 22.1. The minimum Gasteiger partial charge on any atom is -0.485 e. The maximum atomic E-state index is 13.5. The molecule has 0 aliphatic heterocycles. The van der Waals surface area contributed by atoms with E-state index >= 15 is 0 Å². The molecule has 0 radical (unpaired) electrons. The lowest BCUT2D eigenvalue weighted by Gasteiger charge is -2.12. The van der Waals surface area contributed by atoms with Gasteiger partial charge in [-0.3, -0.25) is 9.20 Å². The summed E-state index contributed by atoms with van der Waals surface area (Å²) in [6, 6.07) is 22.8. The van der Waals surface area contributed by atoms with Crippen LogP contribution < -0.4 is 10.3 Å². The van der Waals surface area contributed by atoms with Crippen molar-refractivity contribution < 1.29 is 4.74 Å². The smallest absolute Gasteiger partial charge is 0.267 e. The number of hydrogen-bond donors (Lipinski definition) is 0. The van der Waals surface area contributed by atoms with Gasteiger partial charge in [-0.25, -0.2) is 9.67 Å². The molecule has 0 fully saturated rings. The Morgan fingerprint density at radius 2 is 1.80 bits per heavy atom. The Morgan fingerprint density at radius 1 is 1.00 bits per heavy atom. The molecule has 35 heavy (non-hydrogen) atoms. The molecule has 0 amide bonds. The largest absolute Gasteiger partial charge is 0.485 e. The van der Waals surface area contributed by atoms with Gasteiger partial charge in [-0.2, -0.15) is 10.4 Å². The molecule has 0 N–H and O–H groups in total. The standard InChI is InChI=1S/C28H23N5O2/c1-18-6-4-7-23(14-18)33-19(2)15-24(31-33)26-20(3)30-27-25(8-5-13-32(27)28(26)34)35-17-22-11-9-21(16-29)10-12-22/h4-15H,17H2,1-3H3. The van der Waals surface area contributed by atoms with Crippen LogP contribution in [0.15, 0.2) is 77.7 Å². The number of rotatable bonds is 5. The maximum Gasteiger partial charge on any atom is 0.267 e. The van der Waals surface area contributed by atoms with Gasteiger partial charge in [0.25, 0.3) is 5.56 Å². The van der Waals surface area contributed by atoms with Crippen molar-refractivity contribution in [3.8, 4) is 28.8 Å². The minimum absolute atomic E-state index is 0.204. The summed E-state index contributed by atoms with van der Waals surface area (Å²) in [7, 11) is 0.